The van der Waals surface area contributed by atoms with Crippen molar-refractivity contribution in [1.29, 1.82) is 0 Å². The van der Waals surface area contributed by atoms with Crippen LogP contribution in [-0.2, 0) is 4.79 Å². The van der Waals surface area contributed by atoms with Crippen LogP contribution in [0.5, 0.6) is 11.5 Å². The van der Waals surface area contributed by atoms with Crippen molar-refractivity contribution in [2.45, 2.75) is 26.3 Å². The number of carbonyl (C=O) groups is 2. The van der Waals surface area contributed by atoms with Gasteiger partial charge in [0.15, 0.2) is 11.5 Å². The van der Waals surface area contributed by atoms with E-state index in [1.807, 2.05) is 13.8 Å². The van der Waals surface area contributed by atoms with E-state index < -0.39 is 11.9 Å². The molecule has 0 aliphatic heterocycles. The highest BCUT2D eigenvalue weighted by Gasteiger charge is 2.22. The van der Waals surface area contributed by atoms with Gasteiger partial charge in [-0.05, 0) is 48.7 Å². The molecule has 0 spiro atoms. The number of hydrogen-bond donors (Lipinski definition) is 2. The molecule has 2 rings (SSSR count). The molecule has 30 heavy (non-hydrogen) atoms. The fourth-order valence-corrected chi connectivity index (χ4v) is 2.93. The number of nitrogens with one attached hydrogen (secondary N) is 2. The van der Waals surface area contributed by atoms with E-state index in [2.05, 4.69) is 15.8 Å². The van der Waals surface area contributed by atoms with Gasteiger partial charge in [-0.1, -0.05) is 31.5 Å². The highest BCUT2D eigenvalue weighted by molar-refractivity contribution is 6.30. The van der Waals surface area contributed by atoms with Crippen LogP contribution in [0, 0.1) is 5.92 Å². The van der Waals surface area contributed by atoms with Crippen molar-refractivity contribution in [2.75, 3.05) is 14.2 Å². The Labute approximate surface area is 181 Å². The molecule has 0 bridgehead atoms. The predicted molar refractivity (Wildman–Crippen MR) is 117 cm³/mol. The summed E-state index contributed by atoms with van der Waals surface area (Å²) >= 11 is 5.86. The van der Waals surface area contributed by atoms with Gasteiger partial charge < -0.3 is 14.8 Å². The molecule has 0 fully saturated rings. The summed E-state index contributed by atoms with van der Waals surface area (Å²) in [6.45, 7) is 3.94. The summed E-state index contributed by atoms with van der Waals surface area (Å²) in [6, 6.07) is 11.1. The Balaban J connectivity index is 2.09. The van der Waals surface area contributed by atoms with Crippen molar-refractivity contribution in [3.8, 4) is 11.5 Å². The van der Waals surface area contributed by atoms with E-state index in [4.69, 9.17) is 21.1 Å². The van der Waals surface area contributed by atoms with E-state index in [0.29, 0.717) is 34.1 Å². The topological polar surface area (TPSA) is 89.0 Å². The molecule has 0 radical (unpaired) electrons. The standard InChI is InChI=1S/C22H26ClN3O4/c1-14(2)12-18(25-21(27)15-8-10-17(23)11-9-15)22(28)26-24-13-16-6-5-7-19(29-3)20(16)30-4/h5-11,13-14,18H,12H2,1-4H3,(H,25,27)(H,26,28). The number of nitrogens with zero attached hydrogens (tertiary/aromatic N) is 1. The summed E-state index contributed by atoms with van der Waals surface area (Å²) in [5.41, 5.74) is 3.55. The van der Waals surface area contributed by atoms with Gasteiger partial charge in [-0.2, -0.15) is 5.10 Å². The SMILES string of the molecule is COc1cccc(C=NNC(=O)C(CC(C)C)NC(=O)c2ccc(Cl)cc2)c1OC. The maximum absolute atomic E-state index is 12.7. The van der Waals surface area contributed by atoms with Crippen LogP contribution in [0.25, 0.3) is 0 Å². The van der Waals surface area contributed by atoms with E-state index in [0.717, 1.165) is 0 Å². The second-order valence-electron chi connectivity index (χ2n) is 6.98. The van der Waals surface area contributed by atoms with Crippen molar-refractivity contribution < 1.29 is 19.1 Å². The molecule has 0 aromatic heterocycles. The smallest absolute Gasteiger partial charge is 0.262 e. The van der Waals surface area contributed by atoms with Gasteiger partial charge in [-0.25, -0.2) is 5.43 Å². The summed E-state index contributed by atoms with van der Waals surface area (Å²) in [6.07, 6.45) is 1.93. The lowest BCUT2D eigenvalue weighted by atomic mass is 10.0. The first kappa shape index (κ1) is 23.2. The molecule has 8 heteroatoms. The van der Waals surface area contributed by atoms with E-state index >= 15 is 0 Å². The lowest BCUT2D eigenvalue weighted by Gasteiger charge is -2.19. The van der Waals surface area contributed by atoms with Gasteiger partial charge in [0.25, 0.3) is 11.8 Å². The van der Waals surface area contributed by atoms with Gasteiger partial charge in [0.05, 0.1) is 20.4 Å². The lowest BCUT2D eigenvalue weighted by Crippen LogP contribution is -2.46. The van der Waals surface area contributed by atoms with Crippen molar-refractivity contribution in [1.82, 2.24) is 10.7 Å². The molecule has 0 aliphatic carbocycles. The minimum Gasteiger partial charge on any atom is -0.493 e. The van der Waals surface area contributed by atoms with E-state index in [1.165, 1.54) is 13.3 Å². The molecule has 160 valence electrons. The van der Waals surface area contributed by atoms with Gasteiger partial charge in [0.2, 0.25) is 0 Å². The minimum atomic E-state index is -0.738. The van der Waals surface area contributed by atoms with Gasteiger partial charge in [-0.3, -0.25) is 9.59 Å². The molecule has 0 heterocycles. The zero-order chi connectivity index (χ0) is 22.1. The molecule has 2 aromatic carbocycles. The number of rotatable bonds is 9. The van der Waals surface area contributed by atoms with Crippen LogP contribution in [-0.4, -0.2) is 38.3 Å². The molecule has 0 saturated carbocycles. The molecule has 1 unspecified atom stereocenters. The molecular formula is C22H26ClN3O4. The van der Waals surface area contributed by atoms with Crippen LogP contribution in [0.4, 0.5) is 0 Å². The van der Waals surface area contributed by atoms with Crippen LogP contribution < -0.4 is 20.2 Å². The zero-order valence-corrected chi connectivity index (χ0v) is 18.2. The van der Waals surface area contributed by atoms with Crippen LogP contribution in [0.15, 0.2) is 47.6 Å². The fourth-order valence-electron chi connectivity index (χ4n) is 2.80. The Morgan fingerprint density at radius 2 is 1.80 bits per heavy atom. The number of hydrogen-bond acceptors (Lipinski definition) is 5. The summed E-state index contributed by atoms with van der Waals surface area (Å²) < 4.78 is 10.6. The predicted octanol–water partition coefficient (Wildman–Crippen LogP) is 3.65. The Kier molecular flexibility index (Phi) is 8.68. The molecule has 2 aromatic rings. The second kappa shape index (κ2) is 11.2. The largest absolute Gasteiger partial charge is 0.493 e. The monoisotopic (exact) mass is 431 g/mol. The first-order valence-corrected chi connectivity index (χ1v) is 9.83. The number of halogens is 1. The summed E-state index contributed by atoms with van der Waals surface area (Å²) in [7, 11) is 3.07. The number of methoxy groups -OCH3 is 2. The van der Waals surface area contributed by atoms with Gasteiger partial charge in [-0.15, -0.1) is 0 Å². The first-order valence-electron chi connectivity index (χ1n) is 9.46. The third kappa shape index (κ3) is 6.49. The molecule has 1 atom stereocenters. The number of hydrazone groups is 1. The zero-order valence-electron chi connectivity index (χ0n) is 17.4. The average molecular weight is 432 g/mol. The summed E-state index contributed by atoms with van der Waals surface area (Å²) in [5, 5.41) is 7.31. The first-order chi connectivity index (χ1) is 14.3. The van der Waals surface area contributed by atoms with Gasteiger partial charge >= 0.3 is 0 Å². The third-order valence-electron chi connectivity index (χ3n) is 4.25. The molecule has 2 N–H and O–H groups in total. The van der Waals surface area contributed by atoms with Crippen LogP contribution in [0.2, 0.25) is 5.02 Å². The maximum Gasteiger partial charge on any atom is 0.262 e. The Bertz CT molecular complexity index is 898. The van der Waals surface area contributed by atoms with E-state index in [9.17, 15) is 9.59 Å². The van der Waals surface area contributed by atoms with Crippen LogP contribution in [0.3, 0.4) is 0 Å². The summed E-state index contributed by atoms with van der Waals surface area (Å²) in [4.78, 5) is 25.1. The van der Waals surface area contributed by atoms with E-state index in [-0.39, 0.29) is 11.8 Å². The number of para-hydroxylation sites is 1. The lowest BCUT2D eigenvalue weighted by molar-refractivity contribution is -0.123. The maximum atomic E-state index is 12.7. The second-order valence-corrected chi connectivity index (χ2v) is 7.42. The van der Waals surface area contributed by atoms with Crippen molar-refractivity contribution >= 4 is 29.6 Å². The summed E-state index contributed by atoms with van der Waals surface area (Å²) in [5.74, 6) is 0.484. The molecule has 0 saturated heterocycles. The molecule has 7 nitrogen and oxygen atoms in total. The third-order valence-corrected chi connectivity index (χ3v) is 4.50. The van der Waals surface area contributed by atoms with Crippen LogP contribution in [0.1, 0.15) is 36.2 Å². The van der Waals surface area contributed by atoms with Crippen molar-refractivity contribution in [3.05, 3.63) is 58.6 Å². The Morgan fingerprint density at radius 3 is 2.40 bits per heavy atom. The highest BCUT2D eigenvalue weighted by Crippen LogP contribution is 2.29. The van der Waals surface area contributed by atoms with Crippen molar-refractivity contribution in [3.63, 3.8) is 0 Å². The Morgan fingerprint density at radius 1 is 1.10 bits per heavy atom. The molecule has 2 amide bonds. The fraction of sp³-hybridized carbons (Fsp3) is 0.318. The highest BCUT2D eigenvalue weighted by atomic mass is 35.5. The number of benzene rings is 2. The normalized spacial score (nSPS) is 11.9. The number of carbonyl (C=O) groups excluding carboxylic acids is 2. The average Bonchev–Trinajstić information content (AvgIpc) is 2.72. The van der Waals surface area contributed by atoms with Crippen LogP contribution >= 0.6 is 11.6 Å². The number of amides is 2. The van der Waals surface area contributed by atoms with Crippen molar-refractivity contribution in [2.24, 2.45) is 11.0 Å². The molecule has 0 aliphatic rings. The van der Waals surface area contributed by atoms with Gasteiger partial charge in [0.1, 0.15) is 6.04 Å². The van der Waals surface area contributed by atoms with Gasteiger partial charge in [0, 0.05) is 16.1 Å². The Hall–Kier alpha value is -3.06. The minimum absolute atomic E-state index is 0.189. The van der Waals surface area contributed by atoms with E-state index in [1.54, 1.807) is 49.6 Å². The number of ether oxygens (including phenoxy) is 2. The quantitative estimate of drug-likeness (QED) is 0.468. The molecular weight excluding hydrogens is 406 g/mol.